The number of amides is 1. The van der Waals surface area contributed by atoms with Crippen LogP contribution in [0.2, 0.25) is 0 Å². The molecule has 0 radical (unpaired) electrons. The Morgan fingerprint density at radius 2 is 2.23 bits per heavy atom. The maximum atomic E-state index is 12.2. The predicted octanol–water partition coefficient (Wildman–Crippen LogP) is 1.30. The van der Waals surface area contributed by atoms with Gasteiger partial charge in [0.1, 0.15) is 0 Å². The number of nitrogens with one attached hydrogen (secondary N) is 1. The van der Waals surface area contributed by atoms with Crippen LogP contribution in [-0.4, -0.2) is 26.2 Å². The van der Waals surface area contributed by atoms with Gasteiger partial charge in [-0.1, -0.05) is 11.8 Å². The van der Waals surface area contributed by atoms with Crippen LogP contribution in [0.4, 0.5) is 0 Å². The molecule has 1 amide bonds. The smallest absolute Gasteiger partial charge is 0.257 e. The SMILES string of the molecule is Cc1cnc2n(c1=O)C(CC(=O)NCc1ccncc1)CS2. The average molecular weight is 316 g/mol. The number of pyridine rings is 1. The first kappa shape index (κ1) is 14.8. The molecule has 1 N–H and O–H groups in total. The summed E-state index contributed by atoms with van der Waals surface area (Å²) in [5.41, 5.74) is 1.55. The summed E-state index contributed by atoms with van der Waals surface area (Å²) in [7, 11) is 0. The zero-order valence-corrected chi connectivity index (χ0v) is 13.0. The fourth-order valence-electron chi connectivity index (χ4n) is 2.36. The molecule has 0 saturated carbocycles. The summed E-state index contributed by atoms with van der Waals surface area (Å²) < 4.78 is 1.64. The van der Waals surface area contributed by atoms with Gasteiger partial charge >= 0.3 is 0 Å². The number of rotatable bonds is 4. The first-order chi connectivity index (χ1) is 10.6. The Labute approximate surface area is 132 Å². The second kappa shape index (κ2) is 6.31. The van der Waals surface area contributed by atoms with Gasteiger partial charge in [-0.3, -0.25) is 19.1 Å². The molecule has 1 atom stereocenters. The van der Waals surface area contributed by atoms with Gasteiger partial charge in [0.05, 0.1) is 6.04 Å². The summed E-state index contributed by atoms with van der Waals surface area (Å²) >= 11 is 1.52. The molecule has 0 saturated heterocycles. The number of nitrogens with zero attached hydrogens (tertiary/aromatic N) is 3. The number of fused-ring (bicyclic) bond motifs is 1. The molecule has 1 aliphatic rings. The average Bonchev–Trinajstić information content (AvgIpc) is 2.93. The Hall–Kier alpha value is -2.15. The molecule has 7 heteroatoms. The molecule has 0 fully saturated rings. The molecule has 114 valence electrons. The Kier molecular flexibility index (Phi) is 4.24. The van der Waals surface area contributed by atoms with Gasteiger partial charge in [-0.2, -0.15) is 0 Å². The molecule has 0 spiro atoms. The lowest BCUT2D eigenvalue weighted by Gasteiger charge is -2.13. The minimum Gasteiger partial charge on any atom is -0.352 e. The molecule has 22 heavy (non-hydrogen) atoms. The van der Waals surface area contributed by atoms with Crippen LogP contribution >= 0.6 is 11.8 Å². The molecule has 2 aromatic rings. The van der Waals surface area contributed by atoms with Gasteiger partial charge in [0.25, 0.3) is 5.56 Å². The van der Waals surface area contributed by atoms with Crippen molar-refractivity contribution >= 4 is 17.7 Å². The largest absolute Gasteiger partial charge is 0.352 e. The second-order valence-electron chi connectivity index (χ2n) is 5.20. The van der Waals surface area contributed by atoms with E-state index in [-0.39, 0.29) is 23.9 Å². The van der Waals surface area contributed by atoms with E-state index in [9.17, 15) is 9.59 Å². The second-order valence-corrected chi connectivity index (χ2v) is 6.19. The third-order valence-corrected chi connectivity index (χ3v) is 4.67. The van der Waals surface area contributed by atoms with Crippen molar-refractivity contribution in [3.05, 3.63) is 52.2 Å². The van der Waals surface area contributed by atoms with Crippen LogP contribution < -0.4 is 10.9 Å². The Morgan fingerprint density at radius 3 is 3.00 bits per heavy atom. The molecule has 2 aromatic heterocycles. The Balaban J connectivity index is 1.65. The topological polar surface area (TPSA) is 76.9 Å². The lowest BCUT2D eigenvalue weighted by atomic mass is 10.2. The van der Waals surface area contributed by atoms with E-state index in [1.54, 1.807) is 30.1 Å². The summed E-state index contributed by atoms with van der Waals surface area (Å²) in [6.07, 6.45) is 5.27. The number of carbonyl (C=O) groups excluding carboxylic acids is 1. The number of carbonyl (C=O) groups is 1. The predicted molar refractivity (Wildman–Crippen MR) is 83.7 cm³/mol. The van der Waals surface area contributed by atoms with Crippen LogP contribution in [0.25, 0.3) is 0 Å². The van der Waals surface area contributed by atoms with E-state index in [0.29, 0.717) is 23.0 Å². The minimum atomic E-state index is -0.127. The van der Waals surface area contributed by atoms with Gasteiger partial charge in [0.15, 0.2) is 5.16 Å². The number of hydrogen-bond donors (Lipinski definition) is 1. The number of hydrogen-bond acceptors (Lipinski definition) is 5. The van der Waals surface area contributed by atoms with Crippen LogP contribution in [0.3, 0.4) is 0 Å². The maximum absolute atomic E-state index is 12.2. The number of aromatic nitrogens is 3. The highest BCUT2D eigenvalue weighted by Crippen LogP contribution is 2.31. The monoisotopic (exact) mass is 316 g/mol. The van der Waals surface area contributed by atoms with E-state index in [0.717, 1.165) is 5.56 Å². The first-order valence-corrected chi connectivity index (χ1v) is 8.00. The zero-order chi connectivity index (χ0) is 15.5. The highest BCUT2D eigenvalue weighted by atomic mass is 32.2. The molecular weight excluding hydrogens is 300 g/mol. The van der Waals surface area contributed by atoms with Gasteiger partial charge in [0.2, 0.25) is 5.91 Å². The Bertz CT molecular complexity index is 745. The molecule has 0 aromatic carbocycles. The van der Waals surface area contributed by atoms with Crippen LogP contribution in [0.5, 0.6) is 0 Å². The fraction of sp³-hybridized carbons (Fsp3) is 0.333. The van der Waals surface area contributed by atoms with Crippen molar-refractivity contribution < 1.29 is 4.79 Å². The van der Waals surface area contributed by atoms with Crippen molar-refractivity contribution in [3.63, 3.8) is 0 Å². The standard InChI is InChI=1S/C15H16N4O2S/c1-10-7-18-15-19(14(10)21)12(9-22-15)6-13(20)17-8-11-2-4-16-5-3-11/h2-5,7,12H,6,8-9H2,1H3,(H,17,20). The minimum absolute atomic E-state index is 0.0538. The lowest BCUT2D eigenvalue weighted by molar-refractivity contribution is -0.121. The van der Waals surface area contributed by atoms with Crippen molar-refractivity contribution in [2.45, 2.75) is 31.1 Å². The van der Waals surface area contributed by atoms with Gasteiger partial charge < -0.3 is 5.32 Å². The molecular formula is C15H16N4O2S. The molecule has 3 heterocycles. The molecule has 3 rings (SSSR count). The summed E-state index contributed by atoms with van der Waals surface area (Å²) in [4.78, 5) is 32.5. The molecule has 0 bridgehead atoms. The normalized spacial score (nSPS) is 16.3. The van der Waals surface area contributed by atoms with Crippen LogP contribution in [0.1, 0.15) is 23.6 Å². The number of thioether (sulfide) groups is 1. The maximum Gasteiger partial charge on any atom is 0.257 e. The van der Waals surface area contributed by atoms with Crippen LogP contribution in [-0.2, 0) is 11.3 Å². The Morgan fingerprint density at radius 1 is 1.45 bits per heavy atom. The van der Waals surface area contributed by atoms with Crippen molar-refractivity contribution in [2.75, 3.05) is 5.75 Å². The molecule has 0 aliphatic carbocycles. The van der Waals surface area contributed by atoms with E-state index in [2.05, 4.69) is 15.3 Å². The van der Waals surface area contributed by atoms with Crippen molar-refractivity contribution in [3.8, 4) is 0 Å². The van der Waals surface area contributed by atoms with E-state index in [4.69, 9.17) is 0 Å². The van der Waals surface area contributed by atoms with Crippen molar-refractivity contribution in [2.24, 2.45) is 0 Å². The van der Waals surface area contributed by atoms with Crippen LogP contribution in [0.15, 0.2) is 40.7 Å². The first-order valence-electron chi connectivity index (χ1n) is 7.01. The highest BCUT2D eigenvalue weighted by Gasteiger charge is 2.27. The van der Waals surface area contributed by atoms with E-state index < -0.39 is 0 Å². The summed E-state index contributed by atoms with van der Waals surface area (Å²) in [5.74, 6) is 0.637. The number of aryl methyl sites for hydroxylation is 1. The van der Waals surface area contributed by atoms with Crippen LogP contribution in [0, 0.1) is 6.92 Å². The van der Waals surface area contributed by atoms with Gasteiger partial charge in [-0.25, -0.2) is 4.98 Å². The third-order valence-electron chi connectivity index (χ3n) is 3.56. The van der Waals surface area contributed by atoms with E-state index >= 15 is 0 Å². The third kappa shape index (κ3) is 3.04. The van der Waals surface area contributed by atoms with E-state index in [1.165, 1.54) is 11.8 Å². The summed E-state index contributed by atoms with van der Waals surface area (Å²) in [6.45, 7) is 2.21. The fourth-order valence-corrected chi connectivity index (χ4v) is 3.46. The zero-order valence-electron chi connectivity index (χ0n) is 12.2. The van der Waals surface area contributed by atoms with Gasteiger partial charge in [-0.05, 0) is 24.6 Å². The summed E-state index contributed by atoms with van der Waals surface area (Å²) in [5, 5.41) is 3.58. The highest BCUT2D eigenvalue weighted by molar-refractivity contribution is 7.99. The van der Waals surface area contributed by atoms with E-state index in [1.807, 2.05) is 12.1 Å². The molecule has 6 nitrogen and oxygen atoms in total. The van der Waals surface area contributed by atoms with Crippen molar-refractivity contribution in [1.29, 1.82) is 0 Å². The summed E-state index contributed by atoms with van der Waals surface area (Å²) in [6, 6.07) is 3.59. The van der Waals surface area contributed by atoms with Gasteiger partial charge in [-0.15, -0.1) is 0 Å². The lowest BCUT2D eigenvalue weighted by Crippen LogP contribution is -2.31. The van der Waals surface area contributed by atoms with Gasteiger partial charge in [0, 0.05) is 42.9 Å². The molecule has 1 aliphatic heterocycles. The van der Waals surface area contributed by atoms with Crippen molar-refractivity contribution in [1.82, 2.24) is 19.9 Å². The molecule has 1 unspecified atom stereocenters. The quantitative estimate of drug-likeness (QED) is 0.860.